The van der Waals surface area contributed by atoms with E-state index in [0.29, 0.717) is 11.4 Å². The highest BCUT2D eigenvalue weighted by atomic mass is 16.2. The van der Waals surface area contributed by atoms with Crippen molar-refractivity contribution in [2.75, 3.05) is 11.1 Å². The smallest absolute Gasteiger partial charge is 0.275 e. The van der Waals surface area contributed by atoms with Crippen LogP contribution in [-0.4, -0.2) is 15.9 Å². The van der Waals surface area contributed by atoms with Crippen LogP contribution < -0.4 is 16.6 Å². The summed E-state index contributed by atoms with van der Waals surface area (Å²) in [6, 6.07) is 6.71. The number of carbonyl (C=O) groups is 1. The summed E-state index contributed by atoms with van der Waals surface area (Å²) >= 11 is 0. The van der Waals surface area contributed by atoms with Crippen molar-refractivity contribution >= 4 is 17.3 Å². The van der Waals surface area contributed by atoms with Crippen molar-refractivity contribution in [2.45, 2.75) is 0 Å². The van der Waals surface area contributed by atoms with Gasteiger partial charge in [-0.2, -0.15) is 0 Å². The van der Waals surface area contributed by atoms with Crippen LogP contribution in [0.1, 0.15) is 10.5 Å². The summed E-state index contributed by atoms with van der Waals surface area (Å²) in [5.74, 6) is -0.397. The van der Waals surface area contributed by atoms with Crippen molar-refractivity contribution in [1.82, 2.24) is 9.97 Å². The molecular formula is C11H10N4O2. The molecule has 0 atom stereocenters. The summed E-state index contributed by atoms with van der Waals surface area (Å²) in [4.78, 5) is 28.5. The number of anilines is 2. The lowest BCUT2D eigenvalue weighted by molar-refractivity contribution is 0.102. The lowest BCUT2D eigenvalue weighted by atomic mass is 10.3. The van der Waals surface area contributed by atoms with E-state index in [1.54, 1.807) is 24.3 Å². The largest absolute Gasteiger partial charge is 0.399 e. The quantitative estimate of drug-likeness (QED) is 0.657. The topological polar surface area (TPSA) is 101 Å². The van der Waals surface area contributed by atoms with Crippen LogP contribution in [0.5, 0.6) is 0 Å². The Balaban J connectivity index is 2.14. The zero-order chi connectivity index (χ0) is 12.3. The molecule has 0 unspecified atom stereocenters. The van der Waals surface area contributed by atoms with Gasteiger partial charge in [0.05, 0.1) is 6.20 Å². The van der Waals surface area contributed by atoms with Gasteiger partial charge in [0.25, 0.3) is 11.5 Å². The number of nitrogens with zero attached hydrogens (tertiary/aromatic N) is 1. The standard InChI is InChI=1S/C11H10N4O2/c12-7-1-3-8(4-2-7)15-11(17)9-5-14-10(16)6-13-9/h1-6H,12H2,(H,14,16)(H,15,17). The van der Waals surface area contributed by atoms with Crippen molar-refractivity contribution in [1.29, 1.82) is 0 Å². The van der Waals surface area contributed by atoms with Gasteiger partial charge in [0, 0.05) is 17.6 Å². The Kier molecular flexibility index (Phi) is 2.87. The molecule has 17 heavy (non-hydrogen) atoms. The van der Waals surface area contributed by atoms with E-state index >= 15 is 0 Å². The summed E-state index contributed by atoms with van der Waals surface area (Å²) < 4.78 is 0. The lowest BCUT2D eigenvalue weighted by Gasteiger charge is -2.04. The van der Waals surface area contributed by atoms with Crippen LogP contribution in [0.25, 0.3) is 0 Å². The molecule has 0 aliphatic carbocycles. The van der Waals surface area contributed by atoms with Crippen LogP contribution in [0, 0.1) is 0 Å². The number of nitrogen functional groups attached to an aromatic ring is 1. The first-order chi connectivity index (χ1) is 8.15. The number of H-pyrrole nitrogens is 1. The molecule has 86 valence electrons. The Morgan fingerprint density at radius 3 is 2.59 bits per heavy atom. The number of aromatic amines is 1. The Hall–Kier alpha value is -2.63. The van der Waals surface area contributed by atoms with Crippen LogP contribution in [0.3, 0.4) is 0 Å². The molecule has 6 nitrogen and oxygen atoms in total. The fourth-order valence-electron chi connectivity index (χ4n) is 1.23. The fourth-order valence-corrected chi connectivity index (χ4v) is 1.23. The second kappa shape index (κ2) is 4.48. The first kappa shape index (κ1) is 10.9. The number of carbonyl (C=O) groups excluding carboxylic acids is 1. The Morgan fingerprint density at radius 2 is 2.00 bits per heavy atom. The number of nitrogens with two attached hydrogens (primary N) is 1. The maximum atomic E-state index is 11.7. The maximum absolute atomic E-state index is 11.7. The lowest BCUT2D eigenvalue weighted by Crippen LogP contribution is -2.16. The van der Waals surface area contributed by atoms with Gasteiger partial charge in [-0.15, -0.1) is 0 Å². The second-order valence-electron chi connectivity index (χ2n) is 3.37. The first-order valence-electron chi connectivity index (χ1n) is 4.87. The molecule has 2 rings (SSSR count). The highest BCUT2D eigenvalue weighted by molar-refractivity contribution is 6.02. The van der Waals surface area contributed by atoms with Crippen molar-refractivity contribution in [3.8, 4) is 0 Å². The van der Waals surface area contributed by atoms with E-state index in [1.165, 1.54) is 6.20 Å². The summed E-state index contributed by atoms with van der Waals surface area (Å²) in [5, 5.41) is 2.63. The summed E-state index contributed by atoms with van der Waals surface area (Å²) in [6.07, 6.45) is 2.31. The van der Waals surface area contributed by atoms with Gasteiger partial charge in [-0.25, -0.2) is 4.98 Å². The van der Waals surface area contributed by atoms with Gasteiger partial charge >= 0.3 is 0 Å². The van der Waals surface area contributed by atoms with Gasteiger partial charge in [-0.05, 0) is 24.3 Å². The molecule has 0 bridgehead atoms. The molecule has 1 heterocycles. The van der Waals surface area contributed by atoms with Crippen molar-refractivity contribution in [3.63, 3.8) is 0 Å². The molecule has 0 fully saturated rings. The molecule has 1 amide bonds. The minimum Gasteiger partial charge on any atom is -0.399 e. The van der Waals surface area contributed by atoms with E-state index in [9.17, 15) is 9.59 Å². The van der Waals surface area contributed by atoms with E-state index in [2.05, 4.69) is 15.3 Å². The zero-order valence-electron chi connectivity index (χ0n) is 8.81. The molecule has 0 radical (unpaired) electrons. The molecule has 0 aliphatic heterocycles. The molecule has 0 aliphatic rings. The van der Waals surface area contributed by atoms with E-state index in [4.69, 9.17) is 5.73 Å². The normalized spacial score (nSPS) is 9.88. The Morgan fingerprint density at radius 1 is 1.29 bits per heavy atom. The van der Waals surface area contributed by atoms with Crippen LogP contribution in [-0.2, 0) is 0 Å². The predicted molar refractivity (Wildman–Crippen MR) is 63.7 cm³/mol. The van der Waals surface area contributed by atoms with Gasteiger partial charge in [-0.1, -0.05) is 0 Å². The highest BCUT2D eigenvalue weighted by Gasteiger charge is 2.07. The van der Waals surface area contributed by atoms with Crippen LogP contribution in [0.2, 0.25) is 0 Å². The summed E-state index contributed by atoms with van der Waals surface area (Å²) in [7, 11) is 0. The minimum atomic E-state index is -0.397. The average molecular weight is 230 g/mol. The molecular weight excluding hydrogens is 220 g/mol. The molecule has 1 aromatic heterocycles. The van der Waals surface area contributed by atoms with Crippen molar-refractivity contribution in [3.05, 3.63) is 52.7 Å². The third kappa shape index (κ3) is 2.69. The first-order valence-corrected chi connectivity index (χ1v) is 4.87. The molecule has 1 aromatic carbocycles. The molecule has 4 N–H and O–H groups in total. The van der Waals surface area contributed by atoms with Gasteiger partial charge in [0.2, 0.25) is 0 Å². The number of benzene rings is 1. The SMILES string of the molecule is Nc1ccc(NC(=O)c2c[nH]c(=O)cn2)cc1. The molecule has 6 heteroatoms. The maximum Gasteiger partial charge on any atom is 0.275 e. The third-order valence-corrected chi connectivity index (χ3v) is 2.07. The van der Waals surface area contributed by atoms with Crippen molar-refractivity contribution < 1.29 is 4.79 Å². The number of nitrogens with one attached hydrogen (secondary N) is 2. The third-order valence-electron chi connectivity index (χ3n) is 2.07. The van der Waals surface area contributed by atoms with Crippen molar-refractivity contribution in [2.24, 2.45) is 0 Å². The Bertz CT molecular complexity index is 569. The van der Waals surface area contributed by atoms with E-state index in [-0.39, 0.29) is 11.3 Å². The molecule has 0 saturated carbocycles. The average Bonchev–Trinajstić information content (AvgIpc) is 2.33. The number of amides is 1. The van der Waals surface area contributed by atoms with Crippen LogP contribution in [0.4, 0.5) is 11.4 Å². The van der Waals surface area contributed by atoms with Gasteiger partial charge < -0.3 is 16.0 Å². The summed E-state index contributed by atoms with van der Waals surface area (Å²) in [5.41, 5.74) is 6.53. The number of aromatic nitrogens is 2. The molecule has 2 aromatic rings. The monoisotopic (exact) mass is 230 g/mol. The second-order valence-corrected chi connectivity index (χ2v) is 3.37. The van der Waals surface area contributed by atoms with Crippen LogP contribution in [0.15, 0.2) is 41.5 Å². The molecule has 0 spiro atoms. The molecule has 0 saturated heterocycles. The summed E-state index contributed by atoms with van der Waals surface area (Å²) in [6.45, 7) is 0. The van der Waals surface area contributed by atoms with Gasteiger partial charge in [-0.3, -0.25) is 9.59 Å². The van der Waals surface area contributed by atoms with Crippen LogP contribution >= 0.6 is 0 Å². The van der Waals surface area contributed by atoms with Gasteiger partial charge in [0.1, 0.15) is 5.69 Å². The predicted octanol–water partition coefficient (Wildman–Crippen LogP) is 0.604. The highest BCUT2D eigenvalue weighted by Crippen LogP contribution is 2.11. The minimum absolute atomic E-state index is 0.140. The fraction of sp³-hybridized carbons (Fsp3) is 0. The zero-order valence-corrected chi connectivity index (χ0v) is 8.81. The van der Waals surface area contributed by atoms with Gasteiger partial charge in [0.15, 0.2) is 0 Å². The van der Waals surface area contributed by atoms with E-state index in [1.807, 2.05) is 0 Å². The van der Waals surface area contributed by atoms with E-state index < -0.39 is 5.91 Å². The number of rotatable bonds is 2. The number of hydrogen-bond acceptors (Lipinski definition) is 4. The number of hydrogen-bond donors (Lipinski definition) is 3. The Labute approximate surface area is 96.5 Å². The van der Waals surface area contributed by atoms with E-state index in [0.717, 1.165) is 6.20 Å².